The van der Waals surface area contributed by atoms with Gasteiger partial charge in [0.2, 0.25) is 0 Å². The lowest BCUT2D eigenvalue weighted by Gasteiger charge is -2.29. The molecule has 5 rings (SSSR count). The monoisotopic (exact) mass is 431 g/mol. The Morgan fingerprint density at radius 2 is 1.97 bits per heavy atom. The molecular weight excluding hydrogens is 402 g/mol. The summed E-state index contributed by atoms with van der Waals surface area (Å²) in [5.41, 5.74) is 2.56. The van der Waals surface area contributed by atoms with Crippen LogP contribution in [0.2, 0.25) is 0 Å². The van der Waals surface area contributed by atoms with Crippen molar-refractivity contribution in [3.05, 3.63) is 59.9 Å². The lowest BCUT2D eigenvalue weighted by Crippen LogP contribution is -2.29. The van der Waals surface area contributed by atoms with Crippen LogP contribution in [0.25, 0.3) is 11.5 Å². The Bertz CT molecular complexity index is 1100. The molecule has 1 N–H and O–H groups in total. The minimum Gasteiger partial charge on any atom is -0.493 e. The molecule has 0 aliphatic carbocycles. The maximum atomic E-state index is 13.1. The Morgan fingerprint density at radius 1 is 1.09 bits per heavy atom. The zero-order valence-electron chi connectivity index (χ0n) is 18.5. The molecule has 32 heavy (non-hydrogen) atoms. The second kappa shape index (κ2) is 9.12. The number of fused-ring (bicyclic) bond motifs is 5. The maximum Gasteiger partial charge on any atom is 0.260 e. The van der Waals surface area contributed by atoms with E-state index in [0.717, 1.165) is 56.8 Å². The Hall–Kier alpha value is -3.19. The van der Waals surface area contributed by atoms with Gasteiger partial charge in [0.15, 0.2) is 5.82 Å². The average molecular weight is 432 g/mol. The van der Waals surface area contributed by atoms with Crippen LogP contribution >= 0.6 is 0 Å². The van der Waals surface area contributed by atoms with E-state index in [4.69, 9.17) is 4.74 Å². The number of carbonyl (C=O) groups is 1. The summed E-state index contributed by atoms with van der Waals surface area (Å²) in [4.78, 5) is 24.6. The highest BCUT2D eigenvalue weighted by Crippen LogP contribution is 2.32. The van der Waals surface area contributed by atoms with Gasteiger partial charge in [0.05, 0.1) is 12.2 Å². The number of nitrogens with zero attached hydrogens (tertiary/aromatic N) is 4. The van der Waals surface area contributed by atoms with Gasteiger partial charge in [-0.3, -0.25) is 4.79 Å². The minimum absolute atomic E-state index is 0.208. The highest BCUT2D eigenvalue weighted by Gasteiger charge is 2.22. The average Bonchev–Trinajstić information content (AvgIpc) is 3.27. The summed E-state index contributed by atoms with van der Waals surface area (Å²) in [5, 5.41) is 2.95. The van der Waals surface area contributed by atoms with Crippen LogP contribution in [0, 0.1) is 0 Å². The first-order valence-electron chi connectivity index (χ1n) is 11.4. The molecule has 3 aromatic rings. The van der Waals surface area contributed by atoms with Crippen LogP contribution in [0.3, 0.4) is 0 Å². The summed E-state index contributed by atoms with van der Waals surface area (Å²) in [6.07, 6.45) is 7.87. The second-order valence-corrected chi connectivity index (χ2v) is 8.70. The molecule has 1 saturated heterocycles. The van der Waals surface area contributed by atoms with Gasteiger partial charge in [-0.1, -0.05) is 12.1 Å². The third-order valence-electron chi connectivity index (χ3n) is 6.43. The quantitative estimate of drug-likeness (QED) is 0.626. The number of likely N-dealkylation sites (tertiary alicyclic amines) is 1. The predicted octanol–water partition coefficient (Wildman–Crippen LogP) is 4.18. The molecular formula is C25H29N5O2. The van der Waals surface area contributed by atoms with E-state index in [-0.39, 0.29) is 5.91 Å². The molecule has 0 unspecified atom stereocenters. The Balaban J connectivity index is 1.45. The molecule has 0 radical (unpaired) electrons. The fourth-order valence-corrected chi connectivity index (χ4v) is 4.54. The number of benzene rings is 1. The van der Waals surface area contributed by atoms with Gasteiger partial charge in [-0.25, -0.2) is 9.97 Å². The minimum atomic E-state index is -0.208. The predicted molar refractivity (Wildman–Crippen MR) is 124 cm³/mol. The molecule has 2 aromatic heterocycles. The van der Waals surface area contributed by atoms with Crippen LogP contribution in [0.15, 0.2) is 48.8 Å². The first kappa shape index (κ1) is 20.7. The number of aromatic nitrogens is 3. The number of rotatable bonds is 1. The summed E-state index contributed by atoms with van der Waals surface area (Å²) < 4.78 is 8.27. The van der Waals surface area contributed by atoms with Crippen LogP contribution in [0.4, 0.5) is 5.82 Å². The number of ether oxygens (including phenoxy) is 1. The number of nitrogens with one attached hydrogen (secondary N) is 1. The summed E-state index contributed by atoms with van der Waals surface area (Å²) in [6.45, 7) is 3.62. The number of amides is 1. The summed E-state index contributed by atoms with van der Waals surface area (Å²) in [6, 6.07) is 11.7. The molecule has 166 valence electrons. The highest BCUT2D eigenvalue weighted by atomic mass is 16.5. The van der Waals surface area contributed by atoms with Gasteiger partial charge < -0.3 is 19.5 Å². The van der Waals surface area contributed by atoms with E-state index >= 15 is 0 Å². The number of carbonyl (C=O) groups excluding carboxylic acids is 1. The van der Waals surface area contributed by atoms with Crippen LogP contribution in [0.1, 0.15) is 47.5 Å². The van der Waals surface area contributed by atoms with Crippen molar-refractivity contribution in [2.75, 3.05) is 32.1 Å². The van der Waals surface area contributed by atoms with Gasteiger partial charge in [-0.15, -0.1) is 0 Å². The van der Waals surface area contributed by atoms with E-state index in [1.807, 2.05) is 24.4 Å². The zero-order chi connectivity index (χ0) is 21.9. The number of hydrogen-bond donors (Lipinski definition) is 1. The Morgan fingerprint density at radius 3 is 2.84 bits per heavy atom. The third kappa shape index (κ3) is 4.39. The lowest BCUT2D eigenvalue weighted by atomic mass is 9.89. The molecule has 1 fully saturated rings. The highest BCUT2D eigenvalue weighted by molar-refractivity contribution is 6.05. The van der Waals surface area contributed by atoms with Crippen LogP contribution in [-0.4, -0.2) is 52.1 Å². The first-order valence-corrected chi connectivity index (χ1v) is 11.4. The standard InChI is InChI=1S/C25H29N5O2/c1-29-13-9-18(10-14-29)19-7-8-20-22(17-19)32-16-3-2-12-30-15-11-26-24(30)21-5-4-6-23(27-21)28-25(20)31/h4-8,11,15,17-18H,2-3,9-10,12-14,16H2,1H3,(H,27,28,31). The van der Waals surface area contributed by atoms with Gasteiger partial charge in [0.25, 0.3) is 5.91 Å². The van der Waals surface area contributed by atoms with Crippen molar-refractivity contribution in [3.63, 3.8) is 0 Å². The molecule has 4 heterocycles. The summed E-state index contributed by atoms with van der Waals surface area (Å²) in [7, 11) is 2.17. The SMILES string of the molecule is CN1CCC(c2ccc3c(c2)OCCCCn2ccnc2-c2cccc(n2)NC3=O)CC1. The Labute approximate surface area is 188 Å². The number of aryl methyl sites for hydroxylation is 1. The fourth-order valence-electron chi connectivity index (χ4n) is 4.54. The number of imidazole rings is 1. The van der Waals surface area contributed by atoms with Crippen molar-refractivity contribution in [2.24, 2.45) is 0 Å². The number of anilines is 1. The largest absolute Gasteiger partial charge is 0.493 e. The van der Waals surface area contributed by atoms with E-state index in [9.17, 15) is 4.79 Å². The molecule has 2 aliphatic heterocycles. The van der Waals surface area contributed by atoms with Crippen molar-refractivity contribution in [2.45, 2.75) is 38.1 Å². The molecule has 1 aromatic carbocycles. The summed E-state index contributed by atoms with van der Waals surface area (Å²) >= 11 is 0. The van der Waals surface area contributed by atoms with Gasteiger partial charge in [0.1, 0.15) is 17.3 Å². The second-order valence-electron chi connectivity index (χ2n) is 8.70. The molecule has 1 amide bonds. The summed E-state index contributed by atoms with van der Waals surface area (Å²) in [5.74, 6) is 2.27. The molecule has 0 atom stereocenters. The van der Waals surface area contributed by atoms with Crippen LogP contribution in [-0.2, 0) is 6.54 Å². The molecule has 2 aliphatic rings. The van der Waals surface area contributed by atoms with Gasteiger partial charge in [-0.2, -0.15) is 0 Å². The number of pyridine rings is 1. The van der Waals surface area contributed by atoms with E-state index < -0.39 is 0 Å². The lowest BCUT2D eigenvalue weighted by molar-refractivity contribution is 0.102. The number of piperidine rings is 1. The fraction of sp³-hybridized carbons (Fsp3) is 0.400. The van der Waals surface area contributed by atoms with E-state index in [2.05, 4.69) is 43.9 Å². The molecule has 7 nitrogen and oxygen atoms in total. The van der Waals surface area contributed by atoms with Gasteiger partial charge in [0, 0.05) is 18.9 Å². The van der Waals surface area contributed by atoms with E-state index in [1.165, 1.54) is 5.56 Å². The first-order chi connectivity index (χ1) is 15.7. The van der Waals surface area contributed by atoms with Gasteiger partial charge >= 0.3 is 0 Å². The zero-order valence-corrected chi connectivity index (χ0v) is 18.5. The Kier molecular flexibility index (Phi) is 5.90. The van der Waals surface area contributed by atoms with Crippen molar-refractivity contribution in [1.29, 1.82) is 0 Å². The number of hydrogen-bond acceptors (Lipinski definition) is 5. The van der Waals surface area contributed by atoms with E-state index in [1.54, 1.807) is 12.3 Å². The molecule has 2 bridgehead atoms. The van der Waals surface area contributed by atoms with Crippen molar-refractivity contribution in [1.82, 2.24) is 19.4 Å². The van der Waals surface area contributed by atoms with Crippen molar-refractivity contribution in [3.8, 4) is 17.3 Å². The normalized spacial score (nSPS) is 18.1. The topological polar surface area (TPSA) is 72.3 Å². The molecule has 0 saturated carbocycles. The van der Waals surface area contributed by atoms with Crippen LogP contribution in [0.5, 0.6) is 5.75 Å². The maximum absolute atomic E-state index is 13.1. The van der Waals surface area contributed by atoms with Crippen molar-refractivity contribution >= 4 is 11.7 Å². The van der Waals surface area contributed by atoms with Crippen LogP contribution < -0.4 is 10.1 Å². The van der Waals surface area contributed by atoms with Crippen molar-refractivity contribution < 1.29 is 9.53 Å². The van der Waals surface area contributed by atoms with E-state index in [0.29, 0.717) is 29.7 Å². The third-order valence-corrected chi connectivity index (χ3v) is 6.43. The molecule has 0 spiro atoms. The van der Waals surface area contributed by atoms with Gasteiger partial charge in [-0.05, 0) is 81.6 Å². The smallest absolute Gasteiger partial charge is 0.260 e. The molecule has 7 heteroatoms.